The molecule has 2 aromatic heterocycles. The monoisotopic (exact) mass is 490 g/mol. The quantitative estimate of drug-likeness (QED) is 0.205. The van der Waals surface area contributed by atoms with Crippen molar-refractivity contribution >= 4 is 34.0 Å². The van der Waals surface area contributed by atoms with Gasteiger partial charge >= 0.3 is 5.97 Å². The molecule has 0 spiro atoms. The van der Waals surface area contributed by atoms with Gasteiger partial charge in [0, 0.05) is 29.3 Å². The molecule has 4 rings (SSSR count). The Morgan fingerprint density at radius 1 is 1.11 bits per heavy atom. The summed E-state index contributed by atoms with van der Waals surface area (Å²) in [5, 5.41) is 15.5. The molecule has 1 N–H and O–H groups in total. The molecule has 11 heteroatoms. The average Bonchev–Trinajstić information content (AvgIpc) is 3.33. The molecule has 1 amide bonds. The number of aromatic nitrogens is 2. The van der Waals surface area contributed by atoms with Gasteiger partial charge in [0.1, 0.15) is 17.1 Å². The molecule has 10 nitrogen and oxygen atoms in total. The average molecular weight is 490 g/mol. The van der Waals surface area contributed by atoms with Crippen molar-refractivity contribution in [3.05, 3.63) is 94.1 Å². The minimum atomic E-state index is -1.13. The van der Waals surface area contributed by atoms with Gasteiger partial charge in [0.2, 0.25) is 0 Å². The highest BCUT2D eigenvalue weighted by Gasteiger charge is 2.22. The normalized spacial score (nSPS) is 11.3. The Bertz CT molecular complexity index is 1380. The van der Waals surface area contributed by atoms with E-state index in [1.165, 1.54) is 31.3 Å². The van der Waals surface area contributed by atoms with Crippen molar-refractivity contribution < 1.29 is 24.0 Å². The van der Waals surface area contributed by atoms with Crippen LogP contribution in [0, 0.1) is 10.1 Å². The van der Waals surface area contributed by atoms with Gasteiger partial charge in [-0.05, 0) is 31.2 Å². The van der Waals surface area contributed by atoms with E-state index in [0.29, 0.717) is 17.0 Å². The highest BCUT2D eigenvalue weighted by atomic mass is 32.1. The minimum absolute atomic E-state index is 0.0607. The number of carbonyl (C=O) groups is 2. The number of thiazole rings is 1. The largest absolute Gasteiger partial charge is 0.455 e. The van der Waals surface area contributed by atoms with E-state index in [1.54, 1.807) is 54.0 Å². The number of pyridine rings is 1. The number of nitro benzene ring substituents is 1. The molecular formula is C24H18N4O6S. The maximum atomic E-state index is 12.7. The van der Waals surface area contributed by atoms with Crippen molar-refractivity contribution in [3.8, 4) is 22.8 Å². The van der Waals surface area contributed by atoms with Gasteiger partial charge in [-0.25, -0.2) is 9.78 Å². The lowest BCUT2D eigenvalue weighted by atomic mass is 10.1. The molecule has 0 aliphatic heterocycles. The van der Waals surface area contributed by atoms with Gasteiger partial charge in [0.05, 0.1) is 16.8 Å². The number of anilines is 1. The number of non-ortho nitro benzene ring substituents is 1. The zero-order chi connectivity index (χ0) is 24.8. The van der Waals surface area contributed by atoms with Crippen LogP contribution in [0.2, 0.25) is 0 Å². The van der Waals surface area contributed by atoms with Crippen molar-refractivity contribution in [2.45, 2.75) is 13.0 Å². The third-order valence-corrected chi connectivity index (χ3v) is 5.47. The fraction of sp³-hybridized carbons (Fsp3) is 0.0833. The first-order valence-corrected chi connectivity index (χ1v) is 11.2. The lowest BCUT2D eigenvalue weighted by Gasteiger charge is -2.14. The van der Waals surface area contributed by atoms with Gasteiger partial charge in [-0.3, -0.25) is 25.2 Å². The van der Waals surface area contributed by atoms with Crippen molar-refractivity contribution in [1.82, 2.24) is 9.97 Å². The van der Waals surface area contributed by atoms with Gasteiger partial charge in [-0.2, -0.15) is 0 Å². The van der Waals surface area contributed by atoms with E-state index in [-0.39, 0.29) is 22.1 Å². The summed E-state index contributed by atoms with van der Waals surface area (Å²) in [6, 6.07) is 15.9. The number of nitrogens with zero attached hydrogens (tertiary/aromatic N) is 3. The fourth-order valence-electron chi connectivity index (χ4n) is 2.99. The van der Waals surface area contributed by atoms with E-state index in [9.17, 15) is 19.7 Å². The van der Waals surface area contributed by atoms with Crippen LogP contribution in [0.5, 0.6) is 11.5 Å². The van der Waals surface area contributed by atoms with Crippen LogP contribution in [0.15, 0.2) is 78.4 Å². The van der Waals surface area contributed by atoms with Gasteiger partial charge in [0.15, 0.2) is 11.2 Å². The number of hydrogen-bond acceptors (Lipinski definition) is 9. The molecular weight excluding hydrogens is 472 g/mol. The number of amides is 1. The van der Waals surface area contributed by atoms with Crippen LogP contribution < -0.4 is 10.1 Å². The molecule has 0 bridgehead atoms. The second kappa shape index (κ2) is 10.5. The Kier molecular flexibility index (Phi) is 7.07. The fourth-order valence-corrected chi connectivity index (χ4v) is 3.71. The van der Waals surface area contributed by atoms with Gasteiger partial charge < -0.3 is 9.47 Å². The first-order valence-electron chi connectivity index (χ1n) is 10.3. The zero-order valence-electron chi connectivity index (χ0n) is 18.3. The summed E-state index contributed by atoms with van der Waals surface area (Å²) in [4.78, 5) is 44.1. The molecule has 1 atom stereocenters. The van der Waals surface area contributed by atoms with Gasteiger partial charge in [-0.15, -0.1) is 11.3 Å². The molecule has 176 valence electrons. The van der Waals surface area contributed by atoms with Crippen LogP contribution in [0.1, 0.15) is 17.3 Å². The Hall–Kier alpha value is -4.64. The molecule has 2 aromatic carbocycles. The van der Waals surface area contributed by atoms with Crippen LogP contribution in [0.3, 0.4) is 0 Å². The minimum Gasteiger partial charge on any atom is -0.455 e. The third-order valence-electron chi connectivity index (χ3n) is 4.71. The number of esters is 1. The lowest BCUT2D eigenvalue weighted by Crippen LogP contribution is -2.30. The van der Waals surface area contributed by atoms with Crippen molar-refractivity contribution in [3.63, 3.8) is 0 Å². The number of nitro groups is 1. The summed E-state index contributed by atoms with van der Waals surface area (Å²) in [6.45, 7) is 1.44. The van der Waals surface area contributed by atoms with Crippen molar-refractivity contribution in [2.24, 2.45) is 0 Å². The molecule has 4 aromatic rings. The van der Waals surface area contributed by atoms with E-state index in [0.717, 1.165) is 11.3 Å². The second-order valence-electron chi connectivity index (χ2n) is 7.17. The van der Waals surface area contributed by atoms with E-state index < -0.39 is 22.9 Å². The van der Waals surface area contributed by atoms with Crippen LogP contribution in [-0.4, -0.2) is 32.9 Å². The Morgan fingerprint density at radius 2 is 1.94 bits per heavy atom. The molecule has 1 unspecified atom stereocenters. The molecule has 0 radical (unpaired) electrons. The first-order chi connectivity index (χ1) is 16.9. The molecule has 0 aliphatic rings. The zero-order valence-corrected chi connectivity index (χ0v) is 19.1. The second-order valence-corrected chi connectivity index (χ2v) is 8.03. The summed E-state index contributed by atoms with van der Waals surface area (Å²) >= 11 is 1.14. The standard InChI is InChI=1S/C24H18N4O6S/c1-15(33-23(30)19-9-2-3-10-21(19)34-18-8-5-11-25-13-18)22(29)27-24-26-20(14-35-24)16-6-4-7-17(12-16)28(31)32/h2-15H,1H3,(H,26,27,29). The Morgan fingerprint density at radius 3 is 2.71 bits per heavy atom. The van der Waals surface area contributed by atoms with Gasteiger partial charge in [-0.1, -0.05) is 24.3 Å². The van der Waals surface area contributed by atoms with Crippen LogP contribution in [0.4, 0.5) is 10.8 Å². The highest BCUT2D eigenvalue weighted by Crippen LogP contribution is 2.28. The topological polar surface area (TPSA) is 134 Å². The maximum absolute atomic E-state index is 12.7. The molecule has 0 saturated heterocycles. The summed E-state index contributed by atoms with van der Waals surface area (Å²) in [7, 11) is 0. The Labute approximate surface area is 203 Å². The van der Waals surface area contributed by atoms with Crippen molar-refractivity contribution in [2.75, 3.05) is 5.32 Å². The summed E-state index contributed by atoms with van der Waals surface area (Å²) in [6.07, 6.45) is 1.98. The number of benzene rings is 2. The summed E-state index contributed by atoms with van der Waals surface area (Å²) in [5.74, 6) is -0.603. The smallest absolute Gasteiger partial charge is 0.342 e. The van der Waals surface area contributed by atoms with Crippen molar-refractivity contribution in [1.29, 1.82) is 0 Å². The van der Waals surface area contributed by atoms with Crippen LogP contribution >= 0.6 is 11.3 Å². The molecule has 0 fully saturated rings. The van der Waals surface area contributed by atoms with Crippen LogP contribution in [-0.2, 0) is 9.53 Å². The van der Waals surface area contributed by atoms with E-state index in [4.69, 9.17) is 9.47 Å². The first kappa shape index (κ1) is 23.5. The number of para-hydroxylation sites is 1. The Balaban J connectivity index is 1.40. The number of ether oxygens (including phenoxy) is 2. The predicted octanol–water partition coefficient (Wildman–Crippen LogP) is 5.09. The van der Waals surface area contributed by atoms with Gasteiger partial charge in [0.25, 0.3) is 11.6 Å². The third kappa shape index (κ3) is 5.84. The SMILES string of the molecule is CC(OC(=O)c1ccccc1Oc1cccnc1)C(=O)Nc1nc(-c2cccc([N+](=O)[O-])c2)cs1. The van der Waals surface area contributed by atoms with E-state index in [2.05, 4.69) is 15.3 Å². The van der Waals surface area contributed by atoms with Crippen LogP contribution in [0.25, 0.3) is 11.3 Å². The lowest BCUT2D eigenvalue weighted by molar-refractivity contribution is -0.384. The number of carbonyl (C=O) groups excluding carboxylic acids is 2. The molecule has 0 saturated carbocycles. The number of nitrogens with one attached hydrogen (secondary N) is 1. The predicted molar refractivity (Wildman–Crippen MR) is 128 cm³/mol. The summed E-state index contributed by atoms with van der Waals surface area (Å²) in [5.41, 5.74) is 1.10. The molecule has 2 heterocycles. The maximum Gasteiger partial charge on any atom is 0.342 e. The molecule has 35 heavy (non-hydrogen) atoms. The van der Waals surface area contributed by atoms with E-state index in [1.807, 2.05) is 0 Å². The number of rotatable bonds is 8. The van der Waals surface area contributed by atoms with E-state index >= 15 is 0 Å². The summed E-state index contributed by atoms with van der Waals surface area (Å²) < 4.78 is 11.1. The molecule has 0 aliphatic carbocycles. The number of hydrogen-bond donors (Lipinski definition) is 1. The highest BCUT2D eigenvalue weighted by molar-refractivity contribution is 7.14.